The fraction of sp³-hybridized carbons (Fsp3) is 0.652. The van der Waals surface area contributed by atoms with E-state index in [1.54, 1.807) is 0 Å². The van der Waals surface area contributed by atoms with Gasteiger partial charge in [0.15, 0.2) is 0 Å². The molecule has 0 fully saturated rings. The second kappa shape index (κ2) is 18.4. The maximum absolute atomic E-state index is 11.7. The molecule has 0 aromatic heterocycles. The van der Waals surface area contributed by atoms with Gasteiger partial charge in [-0.3, -0.25) is 4.90 Å². The van der Waals surface area contributed by atoms with Crippen LogP contribution >= 0.6 is 0 Å². The summed E-state index contributed by atoms with van der Waals surface area (Å²) >= 11 is 0. The third kappa shape index (κ3) is 15.2. The number of hydrogen-bond donors (Lipinski definition) is 3. The minimum Gasteiger partial charge on any atom is -0.448 e. The minimum absolute atomic E-state index is 0.291. The maximum Gasteiger partial charge on any atom is 0.407 e. The zero-order valence-electron chi connectivity index (χ0n) is 19.2. The van der Waals surface area contributed by atoms with Gasteiger partial charge < -0.3 is 25.4 Å². The van der Waals surface area contributed by atoms with E-state index >= 15 is 0 Å². The molecule has 0 bridgehead atoms. The number of amides is 2. The summed E-state index contributed by atoms with van der Waals surface area (Å²) in [7, 11) is 0. The molecule has 31 heavy (non-hydrogen) atoms. The van der Waals surface area contributed by atoms with Gasteiger partial charge in [-0.1, -0.05) is 57.0 Å². The minimum atomic E-state index is -0.387. The van der Waals surface area contributed by atoms with Crippen LogP contribution in [-0.2, 0) is 16.0 Å². The molecular weight excluding hydrogens is 396 g/mol. The van der Waals surface area contributed by atoms with E-state index in [9.17, 15) is 9.59 Å². The van der Waals surface area contributed by atoms with Gasteiger partial charge in [0, 0.05) is 45.8 Å². The molecule has 8 nitrogen and oxygen atoms in total. The smallest absolute Gasteiger partial charge is 0.407 e. The Kier molecular flexibility index (Phi) is 15.9. The summed E-state index contributed by atoms with van der Waals surface area (Å²) in [5.41, 5.74) is 1.23. The second-order valence-electron chi connectivity index (χ2n) is 7.34. The number of alkyl carbamates (subject to hydrolysis) is 2. The van der Waals surface area contributed by atoms with Crippen LogP contribution in [0.2, 0.25) is 0 Å². The Labute approximate surface area is 187 Å². The topological polar surface area (TPSA) is 91.9 Å². The number of benzene rings is 1. The summed E-state index contributed by atoms with van der Waals surface area (Å²) in [6, 6.07) is 10.2. The molecular formula is C23H40N4O4. The molecule has 0 heterocycles. The molecule has 0 aliphatic carbocycles. The highest BCUT2D eigenvalue weighted by Gasteiger charge is 2.09. The first kappa shape index (κ1) is 26.7. The highest BCUT2D eigenvalue weighted by Crippen LogP contribution is 1.97. The van der Waals surface area contributed by atoms with Gasteiger partial charge >= 0.3 is 12.2 Å². The van der Waals surface area contributed by atoms with Crippen molar-refractivity contribution >= 4 is 12.2 Å². The lowest BCUT2D eigenvalue weighted by atomic mass is 10.2. The first-order chi connectivity index (χ1) is 15.2. The number of hydrogen-bond acceptors (Lipinski definition) is 6. The van der Waals surface area contributed by atoms with Crippen molar-refractivity contribution in [3.63, 3.8) is 0 Å². The lowest BCUT2D eigenvalue weighted by Crippen LogP contribution is -2.38. The van der Waals surface area contributed by atoms with Crippen molar-refractivity contribution < 1.29 is 19.1 Å². The van der Waals surface area contributed by atoms with E-state index in [0.29, 0.717) is 39.4 Å². The van der Waals surface area contributed by atoms with Crippen LogP contribution in [0.5, 0.6) is 0 Å². The number of ether oxygens (including phenoxy) is 2. The number of carbonyl (C=O) groups is 2. The molecule has 0 saturated carbocycles. The van der Waals surface area contributed by atoms with Crippen LogP contribution in [0.15, 0.2) is 30.3 Å². The van der Waals surface area contributed by atoms with Crippen LogP contribution in [0.1, 0.15) is 45.1 Å². The van der Waals surface area contributed by atoms with Crippen LogP contribution in [0.3, 0.4) is 0 Å². The van der Waals surface area contributed by atoms with E-state index in [2.05, 4.69) is 46.8 Å². The Bertz CT molecular complexity index is 558. The van der Waals surface area contributed by atoms with E-state index in [0.717, 1.165) is 45.3 Å². The van der Waals surface area contributed by atoms with Crippen LogP contribution in [0, 0.1) is 0 Å². The molecule has 1 aromatic carbocycles. The van der Waals surface area contributed by atoms with Crippen molar-refractivity contribution in [3.05, 3.63) is 35.9 Å². The molecule has 0 aliphatic rings. The van der Waals surface area contributed by atoms with Crippen LogP contribution in [0.25, 0.3) is 0 Å². The van der Waals surface area contributed by atoms with E-state index in [1.807, 2.05) is 18.2 Å². The third-order valence-electron chi connectivity index (χ3n) is 4.66. The molecule has 8 heteroatoms. The first-order valence-electron chi connectivity index (χ1n) is 11.4. The third-order valence-corrected chi connectivity index (χ3v) is 4.66. The van der Waals surface area contributed by atoms with Crippen molar-refractivity contribution in [2.75, 3.05) is 52.5 Å². The van der Waals surface area contributed by atoms with Crippen molar-refractivity contribution in [2.24, 2.45) is 0 Å². The quantitative estimate of drug-likeness (QED) is 0.325. The SMILES string of the molecule is CCCCNC(=O)OCCN(CCNCc1ccccc1)CCOC(=O)NCCCC. The summed E-state index contributed by atoms with van der Waals surface area (Å²) < 4.78 is 10.5. The molecule has 1 rings (SSSR count). The molecule has 0 saturated heterocycles. The normalized spacial score (nSPS) is 10.7. The van der Waals surface area contributed by atoms with Gasteiger partial charge in [0.2, 0.25) is 0 Å². The van der Waals surface area contributed by atoms with Crippen LogP contribution in [0.4, 0.5) is 9.59 Å². The zero-order valence-corrected chi connectivity index (χ0v) is 19.2. The van der Waals surface area contributed by atoms with Gasteiger partial charge in [0.1, 0.15) is 13.2 Å². The number of carbonyl (C=O) groups excluding carboxylic acids is 2. The van der Waals surface area contributed by atoms with Crippen molar-refractivity contribution in [2.45, 2.75) is 46.1 Å². The van der Waals surface area contributed by atoms with E-state index in [1.165, 1.54) is 5.56 Å². The van der Waals surface area contributed by atoms with Gasteiger partial charge in [0.25, 0.3) is 0 Å². The second-order valence-corrected chi connectivity index (χ2v) is 7.34. The van der Waals surface area contributed by atoms with Gasteiger partial charge in [-0.2, -0.15) is 0 Å². The number of nitrogens with zero attached hydrogens (tertiary/aromatic N) is 1. The molecule has 0 spiro atoms. The van der Waals surface area contributed by atoms with Crippen LogP contribution in [-0.4, -0.2) is 69.6 Å². The number of unbranched alkanes of at least 4 members (excludes halogenated alkanes) is 2. The summed E-state index contributed by atoms with van der Waals surface area (Å²) in [4.78, 5) is 25.5. The predicted octanol–water partition coefficient (Wildman–Crippen LogP) is 3.13. The summed E-state index contributed by atoms with van der Waals surface area (Å²) in [5, 5.41) is 8.90. The highest BCUT2D eigenvalue weighted by atomic mass is 16.6. The Hall–Kier alpha value is -2.32. The molecule has 176 valence electrons. The lowest BCUT2D eigenvalue weighted by Gasteiger charge is -2.22. The van der Waals surface area contributed by atoms with Crippen molar-refractivity contribution in [1.29, 1.82) is 0 Å². The molecule has 1 aromatic rings. The summed E-state index contributed by atoms with van der Waals surface area (Å²) in [5.74, 6) is 0. The summed E-state index contributed by atoms with van der Waals surface area (Å²) in [6.07, 6.45) is 3.15. The maximum atomic E-state index is 11.7. The first-order valence-corrected chi connectivity index (χ1v) is 11.4. The molecule has 0 radical (unpaired) electrons. The Morgan fingerprint density at radius 2 is 1.35 bits per heavy atom. The van der Waals surface area contributed by atoms with Gasteiger partial charge in [-0.25, -0.2) is 9.59 Å². The standard InChI is InChI=1S/C23H40N4O4/c1-3-5-12-25-22(28)30-18-16-27(17-19-31-23(29)26-13-6-4-2)15-14-24-20-21-10-8-7-9-11-21/h7-11,24H,3-6,12-20H2,1-2H3,(H,25,28)(H,26,29). The largest absolute Gasteiger partial charge is 0.448 e. The molecule has 0 unspecified atom stereocenters. The van der Waals surface area contributed by atoms with Crippen molar-refractivity contribution in [1.82, 2.24) is 20.9 Å². The fourth-order valence-electron chi connectivity index (χ4n) is 2.77. The molecule has 0 aliphatic heterocycles. The summed E-state index contributed by atoms with van der Waals surface area (Å²) in [6.45, 7) is 9.47. The van der Waals surface area contributed by atoms with Crippen LogP contribution < -0.4 is 16.0 Å². The molecule has 3 N–H and O–H groups in total. The average molecular weight is 437 g/mol. The number of nitrogens with one attached hydrogen (secondary N) is 3. The predicted molar refractivity (Wildman–Crippen MR) is 123 cm³/mol. The Balaban J connectivity index is 2.31. The number of rotatable bonds is 17. The average Bonchev–Trinajstić information content (AvgIpc) is 2.77. The highest BCUT2D eigenvalue weighted by molar-refractivity contribution is 5.67. The van der Waals surface area contributed by atoms with Gasteiger partial charge in [-0.05, 0) is 18.4 Å². The lowest BCUT2D eigenvalue weighted by molar-refractivity contribution is 0.107. The molecule has 0 atom stereocenters. The monoisotopic (exact) mass is 436 g/mol. The van der Waals surface area contributed by atoms with Gasteiger partial charge in [-0.15, -0.1) is 0 Å². The van der Waals surface area contributed by atoms with E-state index < -0.39 is 0 Å². The Morgan fingerprint density at radius 3 is 1.87 bits per heavy atom. The Morgan fingerprint density at radius 1 is 0.806 bits per heavy atom. The zero-order chi connectivity index (χ0) is 22.6. The van der Waals surface area contributed by atoms with E-state index in [-0.39, 0.29) is 12.2 Å². The molecule has 2 amide bonds. The van der Waals surface area contributed by atoms with Crippen molar-refractivity contribution in [3.8, 4) is 0 Å². The van der Waals surface area contributed by atoms with Gasteiger partial charge in [0.05, 0.1) is 0 Å². The van der Waals surface area contributed by atoms with E-state index in [4.69, 9.17) is 9.47 Å². The fourth-order valence-corrected chi connectivity index (χ4v) is 2.77.